The summed E-state index contributed by atoms with van der Waals surface area (Å²) in [5.74, 6) is 0.844. The maximum Gasteiger partial charge on any atom is 0.191 e. The van der Waals surface area contributed by atoms with Crippen molar-refractivity contribution in [3.05, 3.63) is 37.5 Å². The molecule has 1 aliphatic heterocycles. The second kappa shape index (κ2) is 10.3. The Morgan fingerprint density at radius 3 is 2.61 bits per heavy atom. The molecular formula is C20H31N5OS2. The van der Waals surface area contributed by atoms with Crippen LogP contribution in [-0.2, 0) is 11.2 Å². The van der Waals surface area contributed by atoms with E-state index in [-0.39, 0.29) is 0 Å². The lowest BCUT2D eigenvalue weighted by Gasteiger charge is -2.34. The van der Waals surface area contributed by atoms with Crippen LogP contribution in [0, 0.1) is 20.8 Å². The lowest BCUT2D eigenvalue weighted by atomic mass is 10.2. The number of nitrogens with zero attached hydrogens (tertiary/aromatic N) is 3. The van der Waals surface area contributed by atoms with Crippen LogP contribution >= 0.6 is 22.7 Å². The van der Waals surface area contributed by atoms with Crippen molar-refractivity contribution in [2.24, 2.45) is 4.99 Å². The molecule has 8 heteroatoms. The van der Waals surface area contributed by atoms with E-state index in [1.165, 1.54) is 19.6 Å². The van der Waals surface area contributed by atoms with Crippen LogP contribution in [0.15, 0.2) is 17.1 Å². The molecule has 6 nitrogen and oxygen atoms in total. The summed E-state index contributed by atoms with van der Waals surface area (Å²) < 4.78 is 5.54. The molecule has 1 saturated heterocycles. The van der Waals surface area contributed by atoms with Crippen molar-refractivity contribution in [2.75, 3.05) is 46.4 Å². The van der Waals surface area contributed by atoms with Gasteiger partial charge >= 0.3 is 0 Å². The van der Waals surface area contributed by atoms with Crippen LogP contribution in [0.1, 0.15) is 31.4 Å². The van der Waals surface area contributed by atoms with Gasteiger partial charge in [-0.2, -0.15) is 0 Å². The first-order valence-corrected chi connectivity index (χ1v) is 11.5. The number of hydrogen-bond acceptors (Lipinski definition) is 6. The van der Waals surface area contributed by atoms with Gasteiger partial charge in [-0.15, -0.1) is 22.7 Å². The van der Waals surface area contributed by atoms with Gasteiger partial charge in [0.25, 0.3) is 0 Å². The van der Waals surface area contributed by atoms with Crippen LogP contribution < -0.4 is 10.6 Å². The Morgan fingerprint density at radius 1 is 1.21 bits per heavy atom. The highest BCUT2D eigenvalue weighted by Crippen LogP contribution is 2.27. The Balaban J connectivity index is 1.54. The van der Waals surface area contributed by atoms with Crippen LogP contribution in [0.4, 0.5) is 0 Å². The second-order valence-corrected chi connectivity index (χ2v) is 9.60. The summed E-state index contributed by atoms with van der Waals surface area (Å²) in [5.41, 5.74) is 1.14. The zero-order valence-corrected chi connectivity index (χ0v) is 18.9. The normalized spacial score (nSPS) is 16.9. The molecule has 0 aromatic carbocycles. The molecule has 2 N–H and O–H groups in total. The summed E-state index contributed by atoms with van der Waals surface area (Å²) in [5, 5.41) is 8.13. The second-order valence-electron chi connectivity index (χ2n) is 6.99. The lowest BCUT2D eigenvalue weighted by Crippen LogP contribution is -2.46. The van der Waals surface area contributed by atoms with Crippen molar-refractivity contribution in [1.82, 2.24) is 20.5 Å². The van der Waals surface area contributed by atoms with Crippen molar-refractivity contribution in [1.29, 1.82) is 0 Å². The SMILES string of the molecule is CN=C(NCCc1nc(C)c(C)s1)NCC(c1ccc(C)s1)N1CCOCC1. The van der Waals surface area contributed by atoms with Crippen molar-refractivity contribution in [3.63, 3.8) is 0 Å². The highest BCUT2D eigenvalue weighted by Gasteiger charge is 2.24. The van der Waals surface area contributed by atoms with E-state index in [1.54, 1.807) is 11.3 Å². The van der Waals surface area contributed by atoms with Gasteiger partial charge < -0.3 is 15.4 Å². The fourth-order valence-corrected chi connectivity index (χ4v) is 5.23. The quantitative estimate of drug-likeness (QED) is 0.532. The van der Waals surface area contributed by atoms with Gasteiger partial charge in [-0.3, -0.25) is 9.89 Å². The van der Waals surface area contributed by atoms with Gasteiger partial charge in [-0.25, -0.2) is 4.98 Å². The molecule has 0 amide bonds. The minimum Gasteiger partial charge on any atom is -0.379 e. The maximum atomic E-state index is 5.54. The highest BCUT2D eigenvalue weighted by molar-refractivity contribution is 7.12. The summed E-state index contributed by atoms with van der Waals surface area (Å²) in [6.07, 6.45) is 0.914. The van der Waals surface area contributed by atoms with Crippen LogP contribution in [0.5, 0.6) is 0 Å². The number of aryl methyl sites for hydroxylation is 3. The molecule has 3 rings (SSSR count). The fourth-order valence-electron chi connectivity index (χ4n) is 3.28. The zero-order valence-electron chi connectivity index (χ0n) is 17.2. The number of nitrogens with one attached hydrogen (secondary N) is 2. The third-order valence-electron chi connectivity index (χ3n) is 4.97. The minimum atomic E-state index is 0.338. The minimum absolute atomic E-state index is 0.338. The molecule has 1 unspecified atom stereocenters. The Morgan fingerprint density at radius 2 is 2.00 bits per heavy atom. The van der Waals surface area contributed by atoms with E-state index in [0.717, 1.165) is 57.5 Å². The largest absolute Gasteiger partial charge is 0.379 e. The lowest BCUT2D eigenvalue weighted by molar-refractivity contribution is 0.0177. The van der Waals surface area contributed by atoms with Gasteiger partial charge in [-0.1, -0.05) is 0 Å². The zero-order chi connectivity index (χ0) is 19.9. The van der Waals surface area contributed by atoms with Gasteiger partial charge in [0.15, 0.2) is 5.96 Å². The molecule has 0 radical (unpaired) electrons. The predicted octanol–water partition coefficient (Wildman–Crippen LogP) is 2.91. The van der Waals surface area contributed by atoms with Gasteiger partial charge in [-0.05, 0) is 32.9 Å². The molecule has 2 aromatic heterocycles. The van der Waals surface area contributed by atoms with Gasteiger partial charge in [0.1, 0.15) is 0 Å². The van der Waals surface area contributed by atoms with E-state index in [9.17, 15) is 0 Å². The number of ether oxygens (including phenoxy) is 1. The van der Waals surface area contributed by atoms with E-state index in [2.05, 4.69) is 58.4 Å². The Bertz CT molecular complexity index is 760. The summed E-state index contributed by atoms with van der Waals surface area (Å²) in [4.78, 5) is 15.6. The van der Waals surface area contributed by atoms with Crippen LogP contribution in [0.25, 0.3) is 0 Å². The summed E-state index contributed by atoms with van der Waals surface area (Å²) in [6, 6.07) is 4.80. The first-order chi connectivity index (χ1) is 13.6. The first-order valence-electron chi connectivity index (χ1n) is 9.82. The molecule has 0 aliphatic carbocycles. The molecule has 0 spiro atoms. The molecule has 1 fully saturated rings. The molecule has 3 heterocycles. The number of thiazole rings is 1. The number of aliphatic imine (C=N–C) groups is 1. The fraction of sp³-hybridized carbons (Fsp3) is 0.600. The number of morpholine rings is 1. The number of aromatic nitrogens is 1. The highest BCUT2D eigenvalue weighted by atomic mass is 32.1. The van der Waals surface area contributed by atoms with E-state index < -0.39 is 0 Å². The summed E-state index contributed by atoms with van der Waals surface area (Å²) >= 11 is 3.66. The number of thiophene rings is 1. The number of rotatable bonds is 7. The molecule has 2 aromatic rings. The van der Waals surface area contributed by atoms with Gasteiger partial charge in [0.2, 0.25) is 0 Å². The maximum absolute atomic E-state index is 5.54. The Hall–Kier alpha value is -1.48. The van der Waals surface area contributed by atoms with E-state index in [4.69, 9.17) is 4.74 Å². The van der Waals surface area contributed by atoms with Gasteiger partial charge in [0.05, 0.1) is 30.0 Å². The van der Waals surface area contributed by atoms with Crippen LogP contribution in [-0.4, -0.2) is 62.3 Å². The van der Waals surface area contributed by atoms with Crippen molar-refractivity contribution < 1.29 is 4.74 Å². The first kappa shape index (κ1) is 21.2. The Kier molecular flexibility index (Phi) is 7.84. The third kappa shape index (κ3) is 5.76. The van der Waals surface area contributed by atoms with Crippen LogP contribution in [0.2, 0.25) is 0 Å². The predicted molar refractivity (Wildman–Crippen MR) is 119 cm³/mol. The van der Waals surface area contributed by atoms with Crippen LogP contribution in [0.3, 0.4) is 0 Å². The van der Waals surface area contributed by atoms with Gasteiger partial charge in [0, 0.05) is 54.3 Å². The van der Waals surface area contributed by atoms with Crippen molar-refractivity contribution in [2.45, 2.75) is 33.2 Å². The number of guanidine groups is 1. The molecular weight excluding hydrogens is 390 g/mol. The van der Waals surface area contributed by atoms with E-state index in [0.29, 0.717) is 6.04 Å². The summed E-state index contributed by atoms with van der Waals surface area (Å²) in [6.45, 7) is 11.6. The molecule has 28 heavy (non-hydrogen) atoms. The molecule has 154 valence electrons. The summed E-state index contributed by atoms with van der Waals surface area (Å²) in [7, 11) is 1.83. The third-order valence-corrected chi connectivity index (χ3v) is 7.20. The monoisotopic (exact) mass is 421 g/mol. The standard InChI is InChI=1S/C20H31N5OS2/c1-14-5-6-18(27-14)17(25-9-11-26-12-10-25)13-23-20(21-4)22-8-7-19-24-15(2)16(3)28-19/h5-6,17H,7-13H2,1-4H3,(H2,21,22,23). The molecule has 1 aliphatic rings. The molecule has 0 saturated carbocycles. The van der Waals surface area contributed by atoms with E-state index in [1.807, 2.05) is 18.4 Å². The average molecular weight is 422 g/mol. The topological polar surface area (TPSA) is 61.8 Å². The van der Waals surface area contributed by atoms with Crippen molar-refractivity contribution >= 4 is 28.6 Å². The molecule has 1 atom stereocenters. The average Bonchev–Trinajstić information content (AvgIpc) is 3.26. The van der Waals surface area contributed by atoms with Crippen molar-refractivity contribution in [3.8, 4) is 0 Å². The number of hydrogen-bond donors (Lipinski definition) is 2. The molecule has 0 bridgehead atoms. The van der Waals surface area contributed by atoms with E-state index >= 15 is 0 Å². The Labute approximate surface area is 176 Å². The smallest absolute Gasteiger partial charge is 0.191 e.